The van der Waals surface area contributed by atoms with E-state index in [1.165, 1.54) is 16.5 Å². The first-order chi connectivity index (χ1) is 14.7. The summed E-state index contributed by atoms with van der Waals surface area (Å²) >= 11 is 3.17. The molecule has 0 radical (unpaired) electrons. The van der Waals surface area contributed by atoms with Gasteiger partial charge in [-0.25, -0.2) is 4.98 Å². The van der Waals surface area contributed by atoms with Crippen molar-refractivity contribution in [3.63, 3.8) is 0 Å². The molecule has 0 fully saturated rings. The third-order valence-electron chi connectivity index (χ3n) is 4.59. The van der Waals surface area contributed by atoms with Gasteiger partial charge >= 0.3 is 0 Å². The molecule has 30 heavy (non-hydrogen) atoms. The van der Waals surface area contributed by atoms with Gasteiger partial charge in [0.2, 0.25) is 5.91 Å². The first-order valence-electron chi connectivity index (χ1n) is 9.49. The number of para-hydroxylation sites is 1. The van der Waals surface area contributed by atoms with Gasteiger partial charge in [0.1, 0.15) is 29.7 Å². The van der Waals surface area contributed by atoms with Gasteiger partial charge in [-0.3, -0.25) is 4.79 Å². The summed E-state index contributed by atoms with van der Waals surface area (Å²) in [6, 6.07) is 21.7. The molecular formula is C23H18N2O3S2. The fourth-order valence-electron chi connectivity index (χ4n) is 3.16. The lowest BCUT2D eigenvalue weighted by atomic mass is 10.2. The molecule has 0 saturated carbocycles. The lowest BCUT2D eigenvalue weighted by Crippen LogP contribution is -2.18. The van der Waals surface area contributed by atoms with E-state index in [9.17, 15) is 4.79 Å². The number of fused-ring (bicyclic) bond motifs is 2. The Labute approximate surface area is 182 Å². The van der Waals surface area contributed by atoms with E-state index in [1.54, 1.807) is 11.3 Å². The van der Waals surface area contributed by atoms with Gasteiger partial charge in [-0.2, -0.15) is 0 Å². The van der Waals surface area contributed by atoms with E-state index in [4.69, 9.17) is 9.47 Å². The average molecular weight is 435 g/mol. The molecule has 0 atom stereocenters. The van der Waals surface area contributed by atoms with Crippen molar-refractivity contribution in [3.8, 4) is 11.5 Å². The molecule has 0 unspecified atom stereocenters. The van der Waals surface area contributed by atoms with Crippen molar-refractivity contribution in [2.24, 2.45) is 0 Å². The highest BCUT2D eigenvalue weighted by Gasteiger charge is 2.15. The zero-order valence-corrected chi connectivity index (χ0v) is 17.6. The van der Waals surface area contributed by atoms with E-state index in [2.05, 4.69) is 16.4 Å². The molecule has 0 saturated heterocycles. The number of carbonyl (C=O) groups is 1. The van der Waals surface area contributed by atoms with Gasteiger partial charge in [-0.1, -0.05) is 24.3 Å². The molecule has 4 aromatic rings. The summed E-state index contributed by atoms with van der Waals surface area (Å²) in [6.07, 6.45) is 0. The summed E-state index contributed by atoms with van der Waals surface area (Å²) in [5, 5.41) is 3.82. The normalized spacial score (nSPS) is 13.0. The molecule has 1 aromatic heterocycles. The topological polar surface area (TPSA) is 60.5 Å². The van der Waals surface area contributed by atoms with Gasteiger partial charge in [0.15, 0.2) is 0 Å². The molecule has 1 amide bonds. The molecule has 2 heterocycles. The van der Waals surface area contributed by atoms with Gasteiger partial charge in [0, 0.05) is 4.90 Å². The quantitative estimate of drug-likeness (QED) is 0.434. The molecule has 5 nitrogen and oxygen atoms in total. The summed E-state index contributed by atoms with van der Waals surface area (Å²) in [5.74, 6) is 2.03. The second-order valence-corrected chi connectivity index (χ2v) is 8.93. The monoisotopic (exact) mass is 434 g/mol. The number of ether oxygens (including phenoxy) is 2. The maximum absolute atomic E-state index is 11.5. The van der Waals surface area contributed by atoms with Crippen LogP contribution in [0.4, 0.5) is 5.69 Å². The number of benzene rings is 3. The number of thiazole rings is 1. The average Bonchev–Trinajstić information content (AvgIpc) is 3.20. The van der Waals surface area contributed by atoms with E-state index < -0.39 is 0 Å². The number of anilines is 1. The van der Waals surface area contributed by atoms with E-state index >= 15 is 0 Å². The van der Waals surface area contributed by atoms with Crippen LogP contribution in [0.5, 0.6) is 11.5 Å². The van der Waals surface area contributed by atoms with Crippen molar-refractivity contribution in [2.45, 2.75) is 18.1 Å². The van der Waals surface area contributed by atoms with Crippen molar-refractivity contribution in [1.82, 2.24) is 4.98 Å². The molecule has 1 aliphatic heterocycles. The third-order valence-corrected chi connectivity index (χ3v) is 6.66. The fourth-order valence-corrected chi connectivity index (χ4v) is 4.88. The van der Waals surface area contributed by atoms with Crippen molar-refractivity contribution in [3.05, 3.63) is 77.3 Å². The number of carbonyl (C=O) groups excluding carboxylic acids is 1. The Hall–Kier alpha value is -3.03. The number of nitrogens with one attached hydrogen (secondary N) is 1. The number of hydrogen-bond acceptors (Lipinski definition) is 6. The number of thioether (sulfide) groups is 1. The Balaban J connectivity index is 1.21. The van der Waals surface area contributed by atoms with Crippen LogP contribution in [0.25, 0.3) is 10.2 Å². The van der Waals surface area contributed by atoms with Crippen molar-refractivity contribution in [2.75, 3.05) is 11.1 Å². The molecule has 7 heteroatoms. The summed E-state index contributed by atoms with van der Waals surface area (Å²) < 4.78 is 13.1. The third kappa shape index (κ3) is 4.27. The van der Waals surface area contributed by atoms with Gasteiger partial charge < -0.3 is 14.8 Å². The molecule has 3 aromatic carbocycles. The Morgan fingerprint density at radius 2 is 1.80 bits per heavy atom. The predicted molar refractivity (Wildman–Crippen MR) is 121 cm³/mol. The van der Waals surface area contributed by atoms with E-state index in [0.717, 1.165) is 38.2 Å². The minimum atomic E-state index is 0.0313. The van der Waals surface area contributed by atoms with Crippen LogP contribution in [0.15, 0.2) is 71.6 Å². The Bertz CT molecular complexity index is 1190. The summed E-state index contributed by atoms with van der Waals surface area (Å²) in [4.78, 5) is 17.1. The van der Waals surface area contributed by atoms with E-state index in [-0.39, 0.29) is 5.91 Å². The van der Waals surface area contributed by atoms with Crippen LogP contribution in [-0.4, -0.2) is 16.6 Å². The van der Waals surface area contributed by atoms with Crippen LogP contribution < -0.4 is 14.8 Å². The molecule has 1 aliphatic rings. The molecule has 5 rings (SSSR count). The van der Waals surface area contributed by atoms with Crippen molar-refractivity contribution >= 4 is 44.9 Å². The van der Waals surface area contributed by atoms with Gasteiger partial charge in [0.25, 0.3) is 0 Å². The number of aromatic nitrogens is 1. The van der Waals surface area contributed by atoms with Crippen LogP contribution in [0.3, 0.4) is 0 Å². The highest BCUT2D eigenvalue weighted by molar-refractivity contribution is 8.00. The number of hydrogen-bond donors (Lipinski definition) is 1. The molecule has 0 spiro atoms. The molecule has 1 N–H and O–H groups in total. The Kier molecular flexibility index (Phi) is 5.29. The van der Waals surface area contributed by atoms with Crippen LogP contribution >= 0.6 is 23.1 Å². The van der Waals surface area contributed by atoms with E-state index in [0.29, 0.717) is 19.0 Å². The summed E-state index contributed by atoms with van der Waals surface area (Å²) in [5.41, 5.74) is 2.87. The number of amides is 1. The lowest BCUT2D eigenvalue weighted by molar-refractivity contribution is -0.113. The maximum Gasteiger partial charge on any atom is 0.234 e. The molecule has 0 bridgehead atoms. The molecule has 150 valence electrons. The first kappa shape index (κ1) is 19.0. The summed E-state index contributed by atoms with van der Waals surface area (Å²) in [6.45, 7) is 0.881. The first-order valence-corrected chi connectivity index (χ1v) is 11.3. The second-order valence-electron chi connectivity index (χ2n) is 6.79. The largest absolute Gasteiger partial charge is 0.489 e. The lowest BCUT2D eigenvalue weighted by Gasteiger charge is -2.17. The second kappa shape index (κ2) is 8.38. The smallest absolute Gasteiger partial charge is 0.234 e. The highest BCUT2D eigenvalue weighted by atomic mass is 32.2. The van der Waals surface area contributed by atoms with Gasteiger partial charge in [-0.05, 0) is 48.0 Å². The Morgan fingerprint density at radius 3 is 2.73 bits per heavy atom. The Morgan fingerprint density at radius 1 is 0.933 bits per heavy atom. The van der Waals surface area contributed by atoms with Gasteiger partial charge in [-0.15, -0.1) is 23.1 Å². The van der Waals surface area contributed by atoms with Crippen LogP contribution in [0.1, 0.15) is 10.6 Å². The van der Waals surface area contributed by atoms with Crippen molar-refractivity contribution < 1.29 is 14.3 Å². The van der Waals surface area contributed by atoms with Crippen LogP contribution in [0.2, 0.25) is 0 Å². The zero-order valence-electron chi connectivity index (χ0n) is 16.0. The number of nitrogens with zero attached hydrogens (tertiary/aromatic N) is 1. The van der Waals surface area contributed by atoms with E-state index in [1.807, 2.05) is 60.7 Å². The SMILES string of the molecule is O=C1CSc2cc(OCc3cccc(OCc4nc5ccccc5s4)c3)ccc2N1. The minimum absolute atomic E-state index is 0.0313. The highest BCUT2D eigenvalue weighted by Crippen LogP contribution is 2.34. The molecular weight excluding hydrogens is 416 g/mol. The predicted octanol–water partition coefficient (Wildman–Crippen LogP) is 5.50. The standard InChI is InChI=1S/C23H18N2O3S2/c26-22-14-29-21-11-17(8-9-19(21)24-22)27-12-15-4-3-5-16(10-15)28-13-23-25-18-6-1-2-7-20(18)30-23/h1-11H,12-14H2,(H,24,26). The zero-order chi connectivity index (χ0) is 20.3. The minimum Gasteiger partial charge on any atom is -0.489 e. The maximum atomic E-state index is 11.5. The number of rotatable bonds is 6. The molecule has 0 aliphatic carbocycles. The fraction of sp³-hybridized carbons (Fsp3) is 0.130. The summed E-state index contributed by atoms with van der Waals surface area (Å²) in [7, 11) is 0. The van der Waals surface area contributed by atoms with Crippen molar-refractivity contribution in [1.29, 1.82) is 0 Å². The van der Waals surface area contributed by atoms with Gasteiger partial charge in [0.05, 0.1) is 21.7 Å². The van der Waals surface area contributed by atoms with Crippen LogP contribution in [-0.2, 0) is 18.0 Å². The van der Waals surface area contributed by atoms with Crippen LogP contribution in [0, 0.1) is 0 Å².